The van der Waals surface area contributed by atoms with Gasteiger partial charge in [-0.25, -0.2) is 0 Å². The average Bonchev–Trinajstić information content (AvgIpc) is 2.94. The van der Waals surface area contributed by atoms with Crippen molar-refractivity contribution in [2.45, 2.75) is 84.0 Å². The van der Waals surface area contributed by atoms with Crippen LogP contribution in [-0.2, 0) is 9.53 Å². The Kier molecular flexibility index (Phi) is 5.03. The summed E-state index contributed by atoms with van der Waals surface area (Å²) in [7, 11) is 0. The van der Waals surface area contributed by atoms with E-state index in [1.54, 1.807) is 6.17 Å². The average molecular weight is 393 g/mol. The van der Waals surface area contributed by atoms with Gasteiger partial charge in [-0.3, -0.25) is 4.79 Å². The quantitative estimate of drug-likeness (QED) is 0.530. The number of hydrogen-bond donors (Lipinski definition) is 2. The van der Waals surface area contributed by atoms with Gasteiger partial charge in [0.2, 0.25) is 0 Å². The largest absolute Gasteiger partial charge is 0.462 e. The highest BCUT2D eigenvalue weighted by atomic mass is 19.1. The Labute approximate surface area is 167 Å². The first-order valence-electron chi connectivity index (χ1n) is 10.9. The van der Waals surface area contributed by atoms with Crippen molar-refractivity contribution in [3.63, 3.8) is 0 Å². The summed E-state index contributed by atoms with van der Waals surface area (Å²) < 4.78 is 18.8. The summed E-state index contributed by atoms with van der Waals surface area (Å²) in [5.41, 5.74) is -0.168. The van der Waals surface area contributed by atoms with Crippen molar-refractivity contribution in [1.82, 2.24) is 0 Å². The third kappa shape index (κ3) is 2.82. The van der Waals surface area contributed by atoms with E-state index in [9.17, 15) is 19.4 Å². The van der Waals surface area contributed by atoms with Crippen LogP contribution in [0.3, 0.4) is 0 Å². The molecule has 0 aromatic carbocycles. The normalized spacial score (nSPS) is 52.5. The van der Waals surface area contributed by atoms with Crippen molar-refractivity contribution < 1.29 is 24.1 Å². The Bertz CT molecular complexity index is 698. The van der Waals surface area contributed by atoms with Gasteiger partial charge in [-0.1, -0.05) is 19.8 Å². The van der Waals surface area contributed by atoms with Gasteiger partial charge in [0.05, 0.1) is 18.1 Å². The maximum Gasteiger partial charge on any atom is 0.302 e. The van der Waals surface area contributed by atoms with Gasteiger partial charge in [0.25, 0.3) is 0 Å². The highest BCUT2D eigenvalue weighted by molar-refractivity contribution is 5.66. The molecule has 0 saturated heterocycles. The first-order valence-corrected chi connectivity index (χ1v) is 10.9. The van der Waals surface area contributed by atoms with Crippen LogP contribution in [0.4, 0.5) is 4.39 Å². The monoisotopic (exact) mass is 392 g/mol. The molecule has 0 aromatic heterocycles. The summed E-state index contributed by atoms with van der Waals surface area (Å²) in [6.45, 7) is 5.93. The van der Waals surface area contributed by atoms with Crippen LogP contribution in [0.5, 0.6) is 0 Å². The number of aliphatic hydroxyl groups excluding tert-OH is 2. The van der Waals surface area contributed by atoms with Gasteiger partial charge in [-0.2, -0.15) is 0 Å². The molecule has 0 spiro atoms. The fourth-order valence-electron chi connectivity index (χ4n) is 7.84. The van der Waals surface area contributed by atoms with Gasteiger partial charge >= 0.3 is 5.97 Å². The van der Waals surface area contributed by atoms with E-state index in [1.165, 1.54) is 6.92 Å². The van der Waals surface area contributed by atoms with Crippen molar-refractivity contribution >= 4 is 5.97 Å². The first-order chi connectivity index (χ1) is 13.2. The fraction of sp³-hybridized carbons (Fsp3) is 0.870. The molecule has 28 heavy (non-hydrogen) atoms. The number of halogens is 1. The van der Waals surface area contributed by atoms with Crippen LogP contribution in [-0.4, -0.2) is 34.5 Å². The van der Waals surface area contributed by atoms with Crippen LogP contribution < -0.4 is 0 Å². The third-order valence-corrected chi connectivity index (χ3v) is 9.26. The molecule has 4 aliphatic carbocycles. The number of carbonyl (C=O) groups is 1. The SMILES string of the molecule is CC(=O)OC1CC2C(C#CF)C(O)CC[C@]2(C)[C@@H]2CC[C@]3(C)C(O)CC[C@H]3[C@H]12. The van der Waals surface area contributed by atoms with E-state index < -0.39 is 12.0 Å². The van der Waals surface area contributed by atoms with E-state index in [2.05, 4.69) is 19.8 Å². The molecular formula is C23H33FO4. The summed E-state index contributed by atoms with van der Waals surface area (Å²) in [6.07, 6.45) is 6.25. The van der Waals surface area contributed by atoms with Crippen molar-refractivity contribution in [2.24, 2.45) is 40.4 Å². The smallest absolute Gasteiger partial charge is 0.302 e. The number of carbonyl (C=O) groups excluding carboxylic acids is 1. The predicted octanol–water partition coefficient (Wildman–Crippen LogP) is 3.45. The van der Waals surface area contributed by atoms with Gasteiger partial charge in [-0.05, 0) is 73.5 Å². The molecule has 2 N–H and O–H groups in total. The zero-order chi connectivity index (χ0) is 20.3. The summed E-state index contributed by atoms with van der Waals surface area (Å²) in [5.74, 6) is 2.85. The van der Waals surface area contributed by atoms with Crippen LogP contribution in [0.2, 0.25) is 0 Å². The zero-order valence-electron chi connectivity index (χ0n) is 17.2. The lowest BCUT2D eigenvalue weighted by Gasteiger charge is -2.63. The summed E-state index contributed by atoms with van der Waals surface area (Å²) in [4.78, 5) is 11.9. The van der Waals surface area contributed by atoms with Gasteiger partial charge in [0.1, 0.15) is 12.3 Å². The fourth-order valence-corrected chi connectivity index (χ4v) is 7.84. The molecule has 4 rings (SSSR count). The van der Waals surface area contributed by atoms with Crippen LogP contribution in [0, 0.1) is 52.5 Å². The summed E-state index contributed by atoms with van der Waals surface area (Å²) in [5, 5.41) is 21.2. The highest BCUT2D eigenvalue weighted by Crippen LogP contribution is 2.67. The Morgan fingerprint density at radius 2 is 1.71 bits per heavy atom. The molecule has 0 bridgehead atoms. The molecule has 5 unspecified atom stereocenters. The van der Waals surface area contributed by atoms with Gasteiger partial charge in [0, 0.05) is 12.8 Å². The third-order valence-electron chi connectivity index (χ3n) is 9.26. The van der Waals surface area contributed by atoms with Gasteiger partial charge < -0.3 is 14.9 Å². The predicted molar refractivity (Wildman–Crippen MR) is 102 cm³/mol. The lowest BCUT2D eigenvalue weighted by atomic mass is 9.43. The minimum Gasteiger partial charge on any atom is -0.462 e. The number of ether oxygens (including phenoxy) is 1. The Morgan fingerprint density at radius 1 is 1.04 bits per heavy atom. The lowest BCUT2D eigenvalue weighted by Crippen LogP contribution is -2.61. The van der Waals surface area contributed by atoms with Gasteiger partial charge in [-0.15, -0.1) is 4.39 Å². The van der Waals surface area contributed by atoms with E-state index >= 15 is 0 Å². The van der Waals surface area contributed by atoms with E-state index in [4.69, 9.17) is 4.74 Å². The second-order valence-corrected chi connectivity index (χ2v) is 10.3. The molecule has 4 aliphatic rings. The molecule has 5 heteroatoms. The topological polar surface area (TPSA) is 66.8 Å². The van der Waals surface area contributed by atoms with Crippen LogP contribution in [0.1, 0.15) is 65.7 Å². The maximum atomic E-state index is 13.0. The number of aliphatic hydroxyl groups is 2. The van der Waals surface area contributed by atoms with Crippen LogP contribution in [0.25, 0.3) is 0 Å². The highest BCUT2D eigenvalue weighted by Gasteiger charge is 2.64. The molecule has 4 fully saturated rings. The van der Waals surface area contributed by atoms with Crippen molar-refractivity contribution in [1.29, 1.82) is 0 Å². The second kappa shape index (κ2) is 6.99. The van der Waals surface area contributed by atoms with Crippen molar-refractivity contribution in [3.8, 4) is 12.1 Å². The zero-order valence-corrected chi connectivity index (χ0v) is 17.2. The molecular weight excluding hydrogens is 359 g/mol. The molecule has 4 saturated carbocycles. The minimum atomic E-state index is -0.627. The van der Waals surface area contributed by atoms with Crippen molar-refractivity contribution in [2.75, 3.05) is 0 Å². The molecule has 0 aromatic rings. The molecule has 0 aliphatic heterocycles. The first kappa shape index (κ1) is 20.2. The molecule has 4 nitrogen and oxygen atoms in total. The minimum absolute atomic E-state index is 0.0146. The van der Waals surface area contributed by atoms with Crippen LogP contribution >= 0.6 is 0 Å². The lowest BCUT2D eigenvalue weighted by molar-refractivity contribution is -0.201. The van der Waals surface area contributed by atoms with Gasteiger partial charge in [0.15, 0.2) is 0 Å². The molecule has 0 heterocycles. The maximum absolute atomic E-state index is 13.0. The molecule has 0 amide bonds. The molecule has 0 radical (unpaired) electrons. The van der Waals surface area contributed by atoms with Crippen molar-refractivity contribution in [3.05, 3.63) is 0 Å². The number of hydrogen-bond acceptors (Lipinski definition) is 4. The standard InChI is InChI=1S/C23H33FO4/c1-13(25)28-19-12-17-14(8-11-24)18(26)7-10-22(17,2)16-6-9-23(3)15(21(16)19)4-5-20(23)27/h14-21,26-27H,4-7,9-10,12H2,1-3H3/t14?,15-,16+,17?,18?,19?,20?,21-,22+,23-/m0/s1. The molecule has 156 valence electrons. The Morgan fingerprint density at radius 3 is 2.39 bits per heavy atom. The number of rotatable bonds is 1. The Balaban J connectivity index is 1.75. The number of esters is 1. The summed E-state index contributed by atoms with van der Waals surface area (Å²) >= 11 is 0. The summed E-state index contributed by atoms with van der Waals surface area (Å²) in [6, 6.07) is 0. The number of fused-ring (bicyclic) bond motifs is 5. The van der Waals surface area contributed by atoms with E-state index in [1.807, 2.05) is 0 Å². The van der Waals surface area contributed by atoms with E-state index in [0.717, 1.165) is 32.1 Å². The van der Waals surface area contributed by atoms with Crippen LogP contribution in [0.15, 0.2) is 0 Å². The van der Waals surface area contributed by atoms with E-state index in [0.29, 0.717) is 24.7 Å². The van der Waals surface area contributed by atoms with E-state index in [-0.39, 0.29) is 40.8 Å². The Hall–Kier alpha value is -1.12. The second-order valence-electron chi connectivity index (χ2n) is 10.3. The molecule has 10 atom stereocenters.